The molecule has 2 aromatic rings. The Hall–Kier alpha value is -1.65. The van der Waals surface area contributed by atoms with Crippen molar-refractivity contribution in [3.8, 4) is 5.75 Å². The number of morpholine rings is 1. The quantitative estimate of drug-likeness (QED) is 0.498. The van der Waals surface area contributed by atoms with Crippen LogP contribution in [0.25, 0.3) is 0 Å². The van der Waals surface area contributed by atoms with Gasteiger partial charge in [0.05, 0.1) is 24.7 Å². The zero-order valence-electron chi connectivity index (χ0n) is 18.8. The molecule has 2 aromatic carbocycles. The van der Waals surface area contributed by atoms with Crippen LogP contribution < -0.4 is 4.74 Å². The zero-order valence-corrected chi connectivity index (χ0v) is 21.9. The first-order chi connectivity index (χ1) is 16.3. The van der Waals surface area contributed by atoms with E-state index in [9.17, 15) is 13.2 Å². The monoisotopic (exact) mass is 570 g/mol. The third-order valence-corrected chi connectivity index (χ3v) is 8.97. The second-order valence-corrected chi connectivity index (χ2v) is 12.1. The van der Waals surface area contributed by atoms with Gasteiger partial charge in [-0.05, 0) is 61.4 Å². The fraction of sp³-hybridized carbons (Fsp3) is 0.458. The van der Waals surface area contributed by atoms with Gasteiger partial charge in [-0.25, -0.2) is 8.42 Å². The van der Waals surface area contributed by atoms with Crippen molar-refractivity contribution in [2.24, 2.45) is 5.41 Å². The van der Waals surface area contributed by atoms with E-state index >= 15 is 0 Å². The molecule has 2 saturated heterocycles. The van der Waals surface area contributed by atoms with Crippen molar-refractivity contribution >= 4 is 43.5 Å². The number of piperidine rings is 1. The van der Waals surface area contributed by atoms with Crippen LogP contribution in [-0.2, 0) is 19.6 Å². The molecule has 0 N–H and O–H groups in total. The van der Waals surface area contributed by atoms with Crippen molar-refractivity contribution in [3.05, 3.63) is 58.0 Å². The summed E-state index contributed by atoms with van der Waals surface area (Å²) in [5.41, 5.74) is -0.643. The maximum atomic E-state index is 13.4. The lowest BCUT2D eigenvalue weighted by molar-refractivity contribution is -0.139. The second-order valence-electron chi connectivity index (χ2n) is 8.81. The Morgan fingerprint density at radius 1 is 1.06 bits per heavy atom. The molecular formula is C24H28BrClN2O5S. The van der Waals surface area contributed by atoms with Crippen molar-refractivity contribution in [1.82, 2.24) is 9.21 Å². The smallest absolute Gasteiger partial charge is 0.243 e. The molecule has 34 heavy (non-hydrogen) atoms. The van der Waals surface area contributed by atoms with E-state index in [4.69, 9.17) is 21.1 Å². The normalized spacial score (nSPS) is 21.9. The average molecular weight is 572 g/mol. The lowest BCUT2D eigenvalue weighted by Gasteiger charge is -2.42. The van der Waals surface area contributed by atoms with Crippen molar-refractivity contribution in [2.45, 2.75) is 24.2 Å². The topological polar surface area (TPSA) is 76.2 Å². The minimum absolute atomic E-state index is 0.00546. The van der Waals surface area contributed by atoms with E-state index in [1.165, 1.54) is 4.31 Å². The summed E-state index contributed by atoms with van der Waals surface area (Å²) in [6.07, 6.45) is 1.56. The Labute approximate surface area is 214 Å². The minimum Gasteiger partial charge on any atom is -0.493 e. The summed E-state index contributed by atoms with van der Waals surface area (Å²) in [6, 6.07) is 13.7. The van der Waals surface area contributed by atoms with Gasteiger partial charge in [-0.1, -0.05) is 27.5 Å². The number of amides is 1. The summed E-state index contributed by atoms with van der Waals surface area (Å²) in [5.74, 6) is 0.640. The molecule has 2 aliphatic rings. The number of benzene rings is 2. The Morgan fingerprint density at radius 3 is 2.41 bits per heavy atom. The van der Waals surface area contributed by atoms with E-state index in [0.717, 1.165) is 4.47 Å². The molecule has 1 amide bonds. The summed E-state index contributed by atoms with van der Waals surface area (Å²) >= 11 is 9.34. The molecule has 0 aliphatic carbocycles. The number of hydrogen-bond donors (Lipinski definition) is 0. The number of hydrogen-bond acceptors (Lipinski definition) is 5. The molecule has 0 saturated carbocycles. The molecule has 4 rings (SSSR count). The molecular weight excluding hydrogens is 544 g/mol. The minimum atomic E-state index is -3.70. The molecule has 0 spiro atoms. The molecule has 2 fully saturated rings. The highest BCUT2D eigenvalue weighted by Crippen LogP contribution is 2.37. The van der Waals surface area contributed by atoms with E-state index < -0.39 is 15.4 Å². The molecule has 0 unspecified atom stereocenters. The summed E-state index contributed by atoms with van der Waals surface area (Å²) in [5, 5.41) is 0.606. The van der Waals surface area contributed by atoms with Gasteiger partial charge in [0.15, 0.2) is 0 Å². The van der Waals surface area contributed by atoms with Crippen LogP contribution in [-0.4, -0.2) is 69.5 Å². The Kier molecular flexibility index (Phi) is 8.20. The van der Waals surface area contributed by atoms with Gasteiger partial charge in [0, 0.05) is 47.5 Å². The third kappa shape index (κ3) is 6.12. The van der Waals surface area contributed by atoms with Crippen molar-refractivity contribution < 1.29 is 22.7 Å². The van der Waals surface area contributed by atoms with Gasteiger partial charge in [-0.2, -0.15) is 4.31 Å². The van der Waals surface area contributed by atoms with Gasteiger partial charge >= 0.3 is 0 Å². The lowest BCUT2D eigenvalue weighted by atomic mass is 9.78. The largest absolute Gasteiger partial charge is 0.493 e. The first-order valence-corrected chi connectivity index (χ1v) is 13.9. The molecule has 2 heterocycles. The number of halogens is 2. The maximum Gasteiger partial charge on any atom is 0.243 e. The molecule has 0 bridgehead atoms. The number of ether oxygens (including phenoxy) is 2. The molecule has 0 aromatic heterocycles. The van der Waals surface area contributed by atoms with Crippen LogP contribution in [0.4, 0.5) is 0 Å². The molecule has 10 heteroatoms. The Balaban J connectivity index is 1.57. The highest BCUT2D eigenvalue weighted by atomic mass is 79.9. The van der Waals surface area contributed by atoms with Gasteiger partial charge in [0.25, 0.3) is 0 Å². The van der Waals surface area contributed by atoms with Gasteiger partial charge in [-0.3, -0.25) is 4.79 Å². The van der Waals surface area contributed by atoms with Gasteiger partial charge < -0.3 is 14.4 Å². The van der Waals surface area contributed by atoms with E-state index in [2.05, 4.69) is 15.9 Å². The summed E-state index contributed by atoms with van der Waals surface area (Å²) < 4.78 is 40.6. The van der Waals surface area contributed by atoms with Crippen LogP contribution in [0, 0.1) is 5.41 Å². The van der Waals surface area contributed by atoms with E-state index in [-0.39, 0.29) is 30.4 Å². The fourth-order valence-electron chi connectivity index (χ4n) is 4.45. The number of rotatable bonds is 7. The van der Waals surface area contributed by atoms with Crippen LogP contribution >= 0.6 is 27.5 Å². The van der Waals surface area contributed by atoms with E-state index in [0.29, 0.717) is 56.5 Å². The molecule has 2 aliphatic heterocycles. The third-order valence-electron chi connectivity index (χ3n) is 6.33. The Morgan fingerprint density at radius 2 is 1.74 bits per heavy atom. The molecule has 1 atom stereocenters. The average Bonchev–Trinajstić information content (AvgIpc) is 2.85. The van der Waals surface area contributed by atoms with Gasteiger partial charge in [0.2, 0.25) is 15.9 Å². The van der Waals surface area contributed by atoms with Crippen molar-refractivity contribution in [2.75, 3.05) is 46.0 Å². The molecule has 7 nitrogen and oxygen atoms in total. The number of nitrogens with zero attached hydrogens (tertiary/aromatic N) is 2. The SMILES string of the molecule is O=C(C[C@@]1(COc2ccc(Cl)cc2)CCCN(S(=O)(=O)c2ccc(Br)cc2)C1)N1CCOCC1. The maximum absolute atomic E-state index is 13.4. The highest BCUT2D eigenvalue weighted by Gasteiger charge is 2.43. The first kappa shape index (κ1) is 25.4. The summed E-state index contributed by atoms with van der Waals surface area (Å²) in [7, 11) is -3.70. The van der Waals surface area contributed by atoms with Crippen molar-refractivity contribution in [3.63, 3.8) is 0 Å². The Bertz CT molecular complexity index is 1090. The van der Waals surface area contributed by atoms with E-state index in [1.54, 1.807) is 53.4 Å². The first-order valence-electron chi connectivity index (χ1n) is 11.3. The molecule has 0 radical (unpaired) electrons. The van der Waals surface area contributed by atoms with Crippen LogP contribution in [0.2, 0.25) is 5.02 Å². The van der Waals surface area contributed by atoms with Crippen LogP contribution in [0.15, 0.2) is 57.9 Å². The van der Waals surface area contributed by atoms with Crippen LogP contribution in [0.3, 0.4) is 0 Å². The number of carbonyl (C=O) groups excluding carboxylic acids is 1. The van der Waals surface area contributed by atoms with Crippen molar-refractivity contribution in [1.29, 1.82) is 0 Å². The van der Waals surface area contributed by atoms with Gasteiger partial charge in [0.1, 0.15) is 5.75 Å². The van der Waals surface area contributed by atoms with E-state index in [1.807, 2.05) is 0 Å². The predicted octanol–water partition coefficient (Wildman–Crippen LogP) is 4.20. The summed E-state index contributed by atoms with van der Waals surface area (Å²) in [4.78, 5) is 15.3. The summed E-state index contributed by atoms with van der Waals surface area (Å²) in [6.45, 7) is 2.99. The van der Waals surface area contributed by atoms with Gasteiger partial charge in [-0.15, -0.1) is 0 Å². The second kappa shape index (κ2) is 11.0. The van der Waals surface area contributed by atoms with Crippen LogP contribution in [0.1, 0.15) is 19.3 Å². The standard InChI is InChI=1S/C24H28BrClN2O5S/c25-19-2-8-22(9-3-19)34(30,31)28-11-1-10-24(17-28,16-23(29)27-12-14-32-15-13-27)18-33-21-6-4-20(26)5-7-21/h2-9H,1,10-18H2/t24-/m0/s1. The highest BCUT2D eigenvalue weighted by molar-refractivity contribution is 9.10. The predicted molar refractivity (Wildman–Crippen MR) is 134 cm³/mol. The number of sulfonamides is 1. The number of carbonyl (C=O) groups is 1. The zero-order chi connectivity index (χ0) is 24.2. The van der Waals surface area contributed by atoms with Crippen LogP contribution in [0.5, 0.6) is 5.75 Å². The fourth-order valence-corrected chi connectivity index (χ4v) is 6.43. The lowest BCUT2D eigenvalue weighted by Crippen LogP contribution is -2.51. The molecule has 184 valence electrons.